The van der Waals surface area contributed by atoms with Crippen LogP contribution in [0, 0.1) is 6.92 Å². The molecular weight excluding hydrogens is 348 g/mol. The average molecular weight is 372 g/mol. The summed E-state index contributed by atoms with van der Waals surface area (Å²) < 4.78 is 4.48. The van der Waals surface area contributed by atoms with E-state index in [1.54, 1.807) is 17.5 Å². The second-order valence-corrected chi connectivity index (χ2v) is 8.37. The molecule has 0 aliphatic carbocycles. The molecule has 3 aromatic rings. The molecule has 1 amide bonds. The summed E-state index contributed by atoms with van der Waals surface area (Å²) in [6, 6.07) is 2.36. The van der Waals surface area contributed by atoms with E-state index in [2.05, 4.69) is 25.0 Å². The van der Waals surface area contributed by atoms with E-state index in [1.165, 1.54) is 9.56 Å². The van der Waals surface area contributed by atoms with Crippen molar-refractivity contribution in [2.45, 2.75) is 59.2 Å². The number of piperidine rings is 1. The molecule has 1 fully saturated rings. The van der Waals surface area contributed by atoms with E-state index in [9.17, 15) is 9.59 Å². The van der Waals surface area contributed by atoms with Crippen molar-refractivity contribution in [3.63, 3.8) is 0 Å². The first kappa shape index (κ1) is 17.3. The highest BCUT2D eigenvalue weighted by Crippen LogP contribution is 2.33. The Morgan fingerprint density at radius 1 is 1.38 bits per heavy atom. The van der Waals surface area contributed by atoms with Crippen LogP contribution in [0.4, 0.5) is 0 Å². The number of fused-ring (bicyclic) bond motifs is 3. The number of aromatic nitrogens is 3. The number of amides is 1. The van der Waals surface area contributed by atoms with Crippen LogP contribution in [0.2, 0.25) is 0 Å². The molecule has 3 aromatic heterocycles. The van der Waals surface area contributed by atoms with Gasteiger partial charge in [-0.3, -0.25) is 9.59 Å². The van der Waals surface area contributed by atoms with Crippen LogP contribution < -0.4 is 5.56 Å². The highest BCUT2D eigenvalue weighted by Gasteiger charge is 2.24. The number of hydrogen-bond donors (Lipinski definition) is 0. The lowest BCUT2D eigenvalue weighted by molar-refractivity contribution is -0.135. The number of carbonyl (C=O) groups is 1. The molecule has 26 heavy (non-hydrogen) atoms. The van der Waals surface area contributed by atoms with Gasteiger partial charge in [-0.1, -0.05) is 0 Å². The summed E-state index contributed by atoms with van der Waals surface area (Å²) in [5.41, 5.74) is 1.56. The van der Waals surface area contributed by atoms with Crippen molar-refractivity contribution in [3.05, 3.63) is 27.5 Å². The molecule has 4 rings (SSSR count). The van der Waals surface area contributed by atoms with Crippen LogP contribution in [0.5, 0.6) is 0 Å². The van der Waals surface area contributed by atoms with Crippen LogP contribution in [0.1, 0.15) is 38.0 Å². The van der Waals surface area contributed by atoms with Gasteiger partial charge in [0.1, 0.15) is 12.1 Å². The second-order valence-electron chi connectivity index (χ2n) is 7.12. The summed E-state index contributed by atoms with van der Waals surface area (Å²) in [4.78, 5) is 28.9. The van der Waals surface area contributed by atoms with Crippen LogP contribution in [-0.2, 0) is 17.9 Å². The normalized spacial score (nSPS) is 18.1. The highest BCUT2D eigenvalue weighted by molar-refractivity contribution is 7.20. The maximum atomic E-state index is 13.1. The van der Waals surface area contributed by atoms with Gasteiger partial charge in [-0.15, -0.1) is 11.3 Å². The van der Waals surface area contributed by atoms with Gasteiger partial charge >= 0.3 is 0 Å². The van der Waals surface area contributed by atoms with Gasteiger partial charge in [0.2, 0.25) is 5.91 Å². The Kier molecular flexibility index (Phi) is 4.34. The predicted octanol–water partition coefficient (Wildman–Crippen LogP) is 3.14. The van der Waals surface area contributed by atoms with E-state index in [0.29, 0.717) is 12.1 Å². The van der Waals surface area contributed by atoms with Gasteiger partial charge in [0.15, 0.2) is 0 Å². The van der Waals surface area contributed by atoms with E-state index in [-0.39, 0.29) is 24.1 Å². The lowest BCUT2D eigenvalue weighted by Crippen LogP contribution is -2.45. The highest BCUT2D eigenvalue weighted by atomic mass is 32.1. The molecule has 0 bridgehead atoms. The van der Waals surface area contributed by atoms with Gasteiger partial charge in [0.05, 0.1) is 16.4 Å². The van der Waals surface area contributed by atoms with Crippen LogP contribution in [0.25, 0.3) is 21.1 Å². The average Bonchev–Trinajstić information content (AvgIpc) is 3.12. The van der Waals surface area contributed by atoms with Crippen molar-refractivity contribution in [1.82, 2.24) is 19.2 Å². The maximum absolute atomic E-state index is 13.1. The Labute approximate surface area is 156 Å². The maximum Gasteiger partial charge on any atom is 0.291 e. The van der Waals surface area contributed by atoms with Crippen molar-refractivity contribution in [1.29, 1.82) is 0 Å². The quantitative estimate of drug-likeness (QED) is 0.710. The number of thiophene rings is 1. The van der Waals surface area contributed by atoms with Crippen molar-refractivity contribution in [2.24, 2.45) is 0 Å². The van der Waals surface area contributed by atoms with Crippen LogP contribution in [-0.4, -0.2) is 37.7 Å². The molecule has 0 N–H and O–H groups in total. The molecule has 4 heterocycles. The lowest BCUT2D eigenvalue weighted by atomic mass is 10.0. The zero-order valence-electron chi connectivity index (χ0n) is 15.5. The number of carbonyl (C=O) groups excluding carboxylic acids is 1. The first-order chi connectivity index (χ1) is 12.5. The Hall–Kier alpha value is -2.15. The molecule has 1 aliphatic heterocycles. The van der Waals surface area contributed by atoms with Crippen LogP contribution >= 0.6 is 11.3 Å². The summed E-state index contributed by atoms with van der Waals surface area (Å²) in [5, 5.41) is 5.21. The van der Waals surface area contributed by atoms with Crippen molar-refractivity contribution < 1.29 is 4.79 Å². The molecule has 1 saturated heterocycles. The van der Waals surface area contributed by atoms with Gasteiger partial charge in [-0.05, 0) is 46.1 Å². The zero-order chi connectivity index (χ0) is 18.4. The third kappa shape index (κ3) is 2.65. The fraction of sp³-hybridized carbons (Fsp3) is 0.526. The summed E-state index contributed by atoms with van der Waals surface area (Å²) in [5.74, 6) is -0.0154. The third-order valence-electron chi connectivity index (χ3n) is 5.38. The number of nitrogens with zero attached hydrogens (tertiary/aromatic N) is 4. The summed E-state index contributed by atoms with van der Waals surface area (Å²) in [6.45, 7) is 7.69. The Morgan fingerprint density at radius 2 is 2.19 bits per heavy atom. The molecule has 1 aliphatic rings. The van der Waals surface area contributed by atoms with Crippen molar-refractivity contribution >= 4 is 38.4 Å². The number of rotatable bonds is 3. The zero-order valence-corrected chi connectivity index (χ0v) is 16.3. The number of aryl methyl sites for hydroxylation is 2. The molecule has 7 heteroatoms. The summed E-state index contributed by atoms with van der Waals surface area (Å²) >= 11 is 1.69. The Bertz CT molecular complexity index is 1050. The van der Waals surface area contributed by atoms with E-state index in [1.807, 2.05) is 16.4 Å². The molecule has 0 radical (unpaired) electrons. The fourth-order valence-corrected chi connectivity index (χ4v) is 5.07. The van der Waals surface area contributed by atoms with E-state index >= 15 is 0 Å². The van der Waals surface area contributed by atoms with Gasteiger partial charge in [0, 0.05) is 29.4 Å². The van der Waals surface area contributed by atoms with E-state index in [0.717, 1.165) is 41.4 Å². The predicted molar refractivity (Wildman–Crippen MR) is 105 cm³/mol. The minimum atomic E-state index is -0.177. The monoisotopic (exact) mass is 372 g/mol. The molecule has 0 saturated carbocycles. The smallest absolute Gasteiger partial charge is 0.291 e. The standard InChI is InChI=1S/C19H24N4O2S/c1-4-21-15-9-13(3)26-18(15)14-10-20-23(19(25)17(14)21)11-16(24)22-8-6-5-7-12(22)2/h9-10,12H,4-8,11H2,1-3H3. The summed E-state index contributed by atoms with van der Waals surface area (Å²) in [6.07, 6.45) is 4.97. The Morgan fingerprint density at radius 3 is 2.92 bits per heavy atom. The summed E-state index contributed by atoms with van der Waals surface area (Å²) in [7, 11) is 0. The van der Waals surface area contributed by atoms with Gasteiger partial charge in [0.25, 0.3) is 5.56 Å². The van der Waals surface area contributed by atoms with Crippen molar-refractivity contribution in [3.8, 4) is 0 Å². The fourth-order valence-electron chi connectivity index (χ4n) is 4.05. The van der Waals surface area contributed by atoms with Crippen LogP contribution in [0.3, 0.4) is 0 Å². The first-order valence-electron chi connectivity index (χ1n) is 9.29. The number of hydrogen-bond acceptors (Lipinski definition) is 4. The van der Waals surface area contributed by atoms with Gasteiger partial charge < -0.3 is 9.47 Å². The molecule has 1 atom stereocenters. The molecule has 1 unspecified atom stereocenters. The van der Waals surface area contributed by atoms with E-state index < -0.39 is 0 Å². The SMILES string of the molecule is CCn1c2cc(C)sc2c2cnn(CC(=O)N3CCCCC3C)c(=O)c21. The molecule has 0 aromatic carbocycles. The molecule has 0 spiro atoms. The Balaban J connectivity index is 1.76. The third-order valence-corrected chi connectivity index (χ3v) is 6.46. The van der Waals surface area contributed by atoms with Crippen molar-refractivity contribution in [2.75, 3.05) is 6.54 Å². The van der Waals surface area contributed by atoms with Gasteiger partial charge in [-0.25, -0.2) is 4.68 Å². The minimum absolute atomic E-state index is 0.0146. The molecule has 138 valence electrons. The second kappa shape index (κ2) is 6.54. The minimum Gasteiger partial charge on any atom is -0.338 e. The largest absolute Gasteiger partial charge is 0.338 e. The lowest BCUT2D eigenvalue weighted by Gasteiger charge is -2.33. The number of likely N-dealkylation sites (tertiary alicyclic amines) is 1. The molecule has 6 nitrogen and oxygen atoms in total. The van der Waals surface area contributed by atoms with E-state index in [4.69, 9.17) is 0 Å². The van der Waals surface area contributed by atoms with Gasteiger partial charge in [-0.2, -0.15) is 5.10 Å². The first-order valence-corrected chi connectivity index (χ1v) is 10.1. The van der Waals surface area contributed by atoms with Crippen LogP contribution in [0.15, 0.2) is 17.1 Å². The topological polar surface area (TPSA) is 60.1 Å². The molecular formula is C19H24N4O2S.